The van der Waals surface area contributed by atoms with E-state index in [4.69, 9.17) is 0 Å². The van der Waals surface area contributed by atoms with Crippen LogP contribution in [0.1, 0.15) is 12.5 Å². The third-order valence-corrected chi connectivity index (χ3v) is 2.46. The molecule has 1 N–H and O–H groups in total. The minimum atomic E-state index is -0.332. The molecule has 1 heterocycles. The van der Waals surface area contributed by atoms with Crippen LogP contribution < -0.4 is 10.2 Å². The van der Waals surface area contributed by atoms with Crippen LogP contribution >= 0.6 is 0 Å². The minimum absolute atomic E-state index is 0.121. The van der Waals surface area contributed by atoms with Gasteiger partial charge in [-0.15, -0.1) is 0 Å². The summed E-state index contributed by atoms with van der Waals surface area (Å²) >= 11 is 0. The van der Waals surface area contributed by atoms with Crippen molar-refractivity contribution in [3.8, 4) is 0 Å². The van der Waals surface area contributed by atoms with Crippen molar-refractivity contribution in [3.05, 3.63) is 29.8 Å². The van der Waals surface area contributed by atoms with Crippen LogP contribution in [0.15, 0.2) is 24.3 Å². The first-order valence-corrected chi connectivity index (χ1v) is 4.91. The maximum atomic E-state index is 11.4. The fraction of sp³-hybridized carbons (Fsp3) is 0.273. The van der Waals surface area contributed by atoms with Crippen molar-refractivity contribution in [3.63, 3.8) is 0 Å². The molecule has 0 aromatic heterocycles. The number of imide groups is 1. The molecule has 78 valence electrons. The largest absolute Gasteiger partial charge is 0.329 e. The van der Waals surface area contributed by atoms with E-state index < -0.39 is 0 Å². The van der Waals surface area contributed by atoms with E-state index >= 15 is 0 Å². The van der Waals surface area contributed by atoms with Crippen molar-refractivity contribution in [2.45, 2.75) is 13.3 Å². The van der Waals surface area contributed by atoms with E-state index in [2.05, 4.69) is 5.32 Å². The lowest BCUT2D eigenvalue weighted by molar-refractivity contribution is -0.117. The molecule has 2 rings (SSSR count). The van der Waals surface area contributed by atoms with Gasteiger partial charge in [0.1, 0.15) is 6.54 Å². The molecule has 3 amide bonds. The van der Waals surface area contributed by atoms with Gasteiger partial charge in [0, 0.05) is 5.69 Å². The van der Waals surface area contributed by atoms with E-state index in [0.717, 1.165) is 17.7 Å². The first kappa shape index (κ1) is 9.71. The number of nitrogens with zero attached hydrogens (tertiary/aromatic N) is 1. The summed E-state index contributed by atoms with van der Waals surface area (Å²) < 4.78 is 0. The fourth-order valence-electron chi connectivity index (χ4n) is 1.71. The summed E-state index contributed by atoms with van der Waals surface area (Å²) in [5.41, 5.74) is 1.89. The van der Waals surface area contributed by atoms with Crippen molar-refractivity contribution in [1.82, 2.24) is 5.32 Å². The smallest absolute Gasteiger partial charge is 0.284 e. The number of hydrogen-bond donors (Lipinski definition) is 1. The van der Waals surface area contributed by atoms with Crippen LogP contribution in [0.4, 0.5) is 10.5 Å². The number of nitrogens with one attached hydrogen (secondary N) is 1. The van der Waals surface area contributed by atoms with Gasteiger partial charge in [-0.05, 0) is 18.1 Å². The van der Waals surface area contributed by atoms with Crippen molar-refractivity contribution in [1.29, 1.82) is 0 Å². The normalized spacial score (nSPS) is 15.7. The highest BCUT2D eigenvalue weighted by Gasteiger charge is 2.28. The molecular formula is C11H12N2O2. The van der Waals surface area contributed by atoms with Gasteiger partial charge in [0.25, 0.3) is 0 Å². The molecule has 4 heteroatoms. The molecule has 1 saturated heterocycles. The number of para-hydroxylation sites is 1. The lowest BCUT2D eigenvalue weighted by atomic mass is 10.1. The zero-order chi connectivity index (χ0) is 10.8. The number of amides is 3. The standard InChI is InChI=1S/C11H12N2O2/c1-2-8-5-3-4-6-9(8)13-7-10(14)12-11(13)15/h3-6H,2,7H2,1H3,(H,12,14,15). The molecule has 0 radical (unpaired) electrons. The molecule has 1 aromatic carbocycles. The Bertz CT molecular complexity index is 415. The van der Waals surface area contributed by atoms with E-state index in [1.54, 1.807) is 0 Å². The minimum Gasteiger partial charge on any atom is -0.284 e. The average molecular weight is 204 g/mol. The summed E-state index contributed by atoms with van der Waals surface area (Å²) in [7, 11) is 0. The Balaban J connectivity index is 2.37. The van der Waals surface area contributed by atoms with Gasteiger partial charge in [-0.2, -0.15) is 0 Å². The monoisotopic (exact) mass is 204 g/mol. The van der Waals surface area contributed by atoms with Crippen molar-refractivity contribution in [2.24, 2.45) is 0 Å². The molecule has 0 spiro atoms. The van der Waals surface area contributed by atoms with E-state index in [9.17, 15) is 9.59 Å². The van der Waals surface area contributed by atoms with Gasteiger partial charge in [0.05, 0.1) is 0 Å². The number of anilines is 1. The zero-order valence-corrected chi connectivity index (χ0v) is 8.49. The molecule has 0 aliphatic carbocycles. The third kappa shape index (κ3) is 1.70. The molecule has 1 aliphatic heterocycles. The fourth-order valence-corrected chi connectivity index (χ4v) is 1.71. The highest BCUT2D eigenvalue weighted by molar-refractivity contribution is 6.12. The van der Waals surface area contributed by atoms with Crippen LogP contribution in [0.25, 0.3) is 0 Å². The molecule has 1 aromatic rings. The molecule has 1 aliphatic rings. The molecule has 0 saturated carbocycles. The number of hydrogen-bond acceptors (Lipinski definition) is 2. The summed E-state index contributed by atoms with van der Waals surface area (Å²) in [4.78, 5) is 24.0. The van der Waals surface area contributed by atoms with Gasteiger partial charge in [-0.1, -0.05) is 25.1 Å². The van der Waals surface area contributed by atoms with Crippen LogP contribution in [0.2, 0.25) is 0 Å². The van der Waals surface area contributed by atoms with Gasteiger partial charge in [0.15, 0.2) is 0 Å². The highest BCUT2D eigenvalue weighted by atomic mass is 16.2. The number of rotatable bonds is 2. The molecule has 0 atom stereocenters. The summed E-state index contributed by atoms with van der Waals surface area (Å²) in [5, 5.41) is 2.26. The third-order valence-electron chi connectivity index (χ3n) is 2.46. The molecule has 15 heavy (non-hydrogen) atoms. The highest BCUT2D eigenvalue weighted by Crippen LogP contribution is 2.22. The maximum absolute atomic E-state index is 11.4. The Morgan fingerprint density at radius 2 is 2.07 bits per heavy atom. The van der Waals surface area contributed by atoms with E-state index in [1.807, 2.05) is 31.2 Å². The first-order chi connectivity index (χ1) is 7.22. The predicted octanol–water partition coefficient (Wildman–Crippen LogP) is 1.31. The number of carbonyl (C=O) groups is 2. The number of benzene rings is 1. The summed E-state index contributed by atoms with van der Waals surface area (Å²) in [6.45, 7) is 2.14. The second-order valence-electron chi connectivity index (χ2n) is 3.42. The van der Waals surface area contributed by atoms with Gasteiger partial charge in [-0.25, -0.2) is 4.79 Å². The lowest BCUT2D eigenvalue weighted by Crippen LogP contribution is -2.28. The van der Waals surface area contributed by atoms with Crippen molar-refractivity contribution >= 4 is 17.6 Å². The Morgan fingerprint density at radius 1 is 1.33 bits per heavy atom. The predicted molar refractivity (Wildman–Crippen MR) is 56.7 cm³/mol. The molecule has 4 nitrogen and oxygen atoms in total. The first-order valence-electron chi connectivity index (χ1n) is 4.91. The molecule has 1 fully saturated rings. The Labute approximate surface area is 87.9 Å². The van der Waals surface area contributed by atoms with Crippen LogP contribution in [0, 0.1) is 0 Å². The quantitative estimate of drug-likeness (QED) is 0.738. The SMILES string of the molecule is CCc1ccccc1N1CC(=O)NC1=O. The Morgan fingerprint density at radius 3 is 2.67 bits per heavy atom. The second kappa shape index (κ2) is 3.73. The lowest BCUT2D eigenvalue weighted by Gasteiger charge is -2.16. The van der Waals surface area contributed by atoms with E-state index in [-0.39, 0.29) is 18.5 Å². The second-order valence-corrected chi connectivity index (χ2v) is 3.42. The van der Waals surface area contributed by atoms with E-state index in [0.29, 0.717) is 0 Å². The van der Waals surface area contributed by atoms with Crippen LogP contribution in [0.3, 0.4) is 0 Å². The summed E-state index contributed by atoms with van der Waals surface area (Å²) in [6, 6.07) is 7.28. The topological polar surface area (TPSA) is 49.4 Å². The number of aryl methyl sites for hydroxylation is 1. The summed E-state index contributed by atoms with van der Waals surface area (Å²) in [6.07, 6.45) is 0.841. The van der Waals surface area contributed by atoms with Crippen molar-refractivity contribution in [2.75, 3.05) is 11.4 Å². The molecule has 0 bridgehead atoms. The van der Waals surface area contributed by atoms with Gasteiger partial charge < -0.3 is 0 Å². The van der Waals surface area contributed by atoms with Crippen LogP contribution in [-0.4, -0.2) is 18.5 Å². The van der Waals surface area contributed by atoms with Gasteiger partial charge in [0.2, 0.25) is 5.91 Å². The van der Waals surface area contributed by atoms with Gasteiger partial charge in [-0.3, -0.25) is 15.0 Å². The average Bonchev–Trinajstić information content (AvgIpc) is 2.57. The maximum Gasteiger partial charge on any atom is 0.329 e. The molecule has 0 unspecified atom stereocenters. The van der Waals surface area contributed by atoms with Gasteiger partial charge >= 0.3 is 6.03 Å². The zero-order valence-electron chi connectivity index (χ0n) is 8.49. The van der Waals surface area contributed by atoms with E-state index in [1.165, 1.54) is 4.90 Å². The van der Waals surface area contributed by atoms with Crippen LogP contribution in [-0.2, 0) is 11.2 Å². The van der Waals surface area contributed by atoms with Crippen LogP contribution in [0.5, 0.6) is 0 Å². The number of urea groups is 1. The van der Waals surface area contributed by atoms with Crippen molar-refractivity contribution < 1.29 is 9.59 Å². The Hall–Kier alpha value is -1.84. The molecular weight excluding hydrogens is 192 g/mol. The summed E-state index contributed by atoms with van der Waals surface area (Å²) in [5.74, 6) is -0.245. The Kier molecular flexibility index (Phi) is 2.41. The number of carbonyl (C=O) groups excluding carboxylic acids is 2.